The highest BCUT2D eigenvalue weighted by Crippen LogP contribution is 2.37. The summed E-state index contributed by atoms with van der Waals surface area (Å²) >= 11 is 0.919. The number of para-hydroxylation sites is 1. The number of hydrogen-bond acceptors (Lipinski definition) is 20. The summed E-state index contributed by atoms with van der Waals surface area (Å²) in [5.74, 6) is -4.09. The summed E-state index contributed by atoms with van der Waals surface area (Å²) in [6, 6.07) is 10.7. The van der Waals surface area contributed by atoms with E-state index in [4.69, 9.17) is 38.3 Å². The van der Waals surface area contributed by atoms with Crippen LogP contribution in [0.15, 0.2) is 47.4 Å². The van der Waals surface area contributed by atoms with Gasteiger partial charge in [-0.2, -0.15) is 4.37 Å². The Bertz CT molecular complexity index is 2190. The maximum atomic E-state index is 13.2. The molecule has 1 aliphatic heterocycles. The number of esters is 4. The second-order valence-corrected chi connectivity index (χ2v) is 17.3. The second-order valence-electron chi connectivity index (χ2n) is 15.2. The molecule has 1 fully saturated rings. The van der Waals surface area contributed by atoms with Crippen molar-refractivity contribution in [2.75, 3.05) is 76.0 Å². The first-order valence-corrected chi connectivity index (χ1v) is 22.6. The number of primary sulfonamides is 1. The van der Waals surface area contributed by atoms with Gasteiger partial charge < -0.3 is 48.3 Å². The molecule has 0 bridgehead atoms. The van der Waals surface area contributed by atoms with Gasteiger partial charge in [0, 0.05) is 38.5 Å². The van der Waals surface area contributed by atoms with Crippen LogP contribution in [0.1, 0.15) is 70.7 Å². The van der Waals surface area contributed by atoms with Crippen molar-refractivity contribution in [3.05, 3.63) is 48.0 Å². The minimum atomic E-state index is -4.44. The zero-order valence-electron chi connectivity index (χ0n) is 36.3. The van der Waals surface area contributed by atoms with Crippen molar-refractivity contribution in [1.82, 2.24) is 13.6 Å². The SMILES string of the molecule is CCCCNc1cc(C(=O)OCC(=O)CCC(=O)OCC(=O)O[C@H](COc2nsnc2N2CCOCC2)CN(C(=O)COC(C)=O)C(C)(C)C)cc(S(N)(=O)=O)c1Oc1ccccc1. The van der Waals surface area contributed by atoms with E-state index in [1.807, 2.05) is 11.8 Å². The molecule has 350 valence electrons. The lowest BCUT2D eigenvalue weighted by molar-refractivity contribution is -0.166. The maximum absolute atomic E-state index is 13.2. The van der Waals surface area contributed by atoms with E-state index in [0.29, 0.717) is 50.8 Å². The van der Waals surface area contributed by atoms with Crippen LogP contribution in [0.2, 0.25) is 0 Å². The van der Waals surface area contributed by atoms with Crippen LogP contribution in [0, 0.1) is 0 Å². The maximum Gasteiger partial charge on any atom is 0.344 e. The predicted molar refractivity (Wildman–Crippen MR) is 230 cm³/mol. The highest BCUT2D eigenvalue weighted by atomic mass is 32.2. The lowest BCUT2D eigenvalue weighted by Crippen LogP contribution is -2.52. The number of Topliss-reactive ketones (excluding diaryl/α,β-unsaturated/α-hetero) is 1. The molecule has 1 amide bonds. The number of carbonyl (C=O) groups excluding carboxylic acids is 6. The Morgan fingerprint density at radius 1 is 0.953 bits per heavy atom. The minimum Gasteiger partial charge on any atom is -0.470 e. The fourth-order valence-corrected chi connectivity index (χ4v) is 7.10. The summed E-state index contributed by atoms with van der Waals surface area (Å²) in [7, 11) is -4.44. The molecular formula is C41H54N6O15S2. The van der Waals surface area contributed by atoms with Crippen molar-refractivity contribution in [2.24, 2.45) is 5.14 Å². The minimum absolute atomic E-state index is 0.131. The van der Waals surface area contributed by atoms with Crippen molar-refractivity contribution in [2.45, 2.75) is 76.8 Å². The number of nitrogens with two attached hydrogens (primary N) is 1. The molecule has 0 spiro atoms. The van der Waals surface area contributed by atoms with Gasteiger partial charge in [0.1, 0.15) is 23.9 Å². The van der Waals surface area contributed by atoms with Crippen LogP contribution in [0.4, 0.5) is 11.5 Å². The van der Waals surface area contributed by atoms with Crippen molar-refractivity contribution >= 4 is 68.8 Å². The number of nitrogens with one attached hydrogen (secondary N) is 1. The number of hydrogen-bond donors (Lipinski definition) is 2. The van der Waals surface area contributed by atoms with Crippen LogP contribution in [-0.4, -0.2) is 135 Å². The molecule has 3 aromatic rings. The number of unbranched alkanes of at least 4 members (excludes halogenated alkanes) is 1. The standard InChI is InChI=1S/C41H54N6O15S2/c1-6-7-15-43-32-20-28(21-33(64(42,54)55)37(32)62-30-11-9-8-10-12-30)40(53)60-23-29(49)13-14-35(51)58-26-36(52)61-31(22-47(41(3,4)5)34(50)25-57-27(2)48)24-59-39-38(44-63-45-39)46-16-18-56-19-17-46/h8-12,20-21,31,43H,6-7,13-19,22-26H2,1-5H3,(H2,42,54,55)/t31-/m0/s1. The van der Waals surface area contributed by atoms with Gasteiger partial charge in [0.2, 0.25) is 15.8 Å². The fraction of sp³-hybridized carbons (Fsp3) is 0.512. The molecule has 0 saturated carbocycles. The Kier molecular flexibility index (Phi) is 19.2. The largest absolute Gasteiger partial charge is 0.470 e. The van der Waals surface area contributed by atoms with E-state index < -0.39 is 94.8 Å². The number of benzene rings is 2. The summed E-state index contributed by atoms with van der Waals surface area (Å²) in [4.78, 5) is 78.8. The van der Waals surface area contributed by atoms with Gasteiger partial charge in [-0.15, -0.1) is 4.37 Å². The van der Waals surface area contributed by atoms with E-state index in [-0.39, 0.29) is 36.0 Å². The molecule has 21 nitrogen and oxygen atoms in total. The molecule has 1 aromatic heterocycles. The topological polar surface area (TPSA) is 271 Å². The Morgan fingerprint density at radius 2 is 1.67 bits per heavy atom. The highest BCUT2D eigenvalue weighted by Gasteiger charge is 2.32. The monoisotopic (exact) mass is 934 g/mol. The number of amides is 1. The Hall–Kier alpha value is -5.91. The van der Waals surface area contributed by atoms with Crippen molar-refractivity contribution in [3.63, 3.8) is 0 Å². The van der Waals surface area contributed by atoms with Gasteiger partial charge in [-0.3, -0.25) is 19.2 Å². The highest BCUT2D eigenvalue weighted by molar-refractivity contribution is 7.89. The number of carbonyl (C=O) groups is 6. The van der Waals surface area contributed by atoms with E-state index in [1.165, 1.54) is 11.0 Å². The quantitative estimate of drug-likeness (QED) is 0.0741. The molecule has 2 heterocycles. The molecule has 1 atom stereocenters. The lowest BCUT2D eigenvalue weighted by Gasteiger charge is -2.37. The van der Waals surface area contributed by atoms with E-state index in [2.05, 4.69) is 14.1 Å². The number of anilines is 2. The van der Waals surface area contributed by atoms with Crippen LogP contribution in [0.5, 0.6) is 17.4 Å². The van der Waals surface area contributed by atoms with Crippen molar-refractivity contribution < 1.29 is 70.3 Å². The van der Waals surface area contributed by atoms with Gasteiger partial charge in [0.25, 0.3) is 11.8 Å². The van der Waals surface area contributed by atoms with Crippen LogP contribution in [0.3, 0.4) is 0 Å². The third-order valence-corrected chi connectivity index (χ3v) is 10.5. The molecular weight excluding hydrogens is 881 g/mol. The molecule has 0 unspecified atom stereocenters. The van der Waals surface area contributed by atoms with E-state index >= 15 is 0 Å². The Labute approximate surface area is 375 Å². The third-order valence-electron chi connectivity index (χ3n) is 9.08. The fourth-order valence-electron chi connectivity index (χ4n) is 5.87. The number of sulfonamides is 1. The van der Waals surface area contributed by atoms with Crippen LogP contribution in [0.25, 0.3) is 0 Å². The van der Waals surface area contributed by atoms with Gasteiger partial charge in [-0.1, -0.05) is 31.5 Å². The first kappa shape index (κ1) is 50.7. The lowest BCUT2D eigenvalue weighted by atomic mass is 10.1. The number of rotatable bonds is 24. The number of aromatic nitrogens is 2. The van der Waals surface area contributed by atoms with E-state index in [0.717, 1.165) is 31.1 Å². The first-order valence-electron chi connectivity index (χ1n) is 20.3. The molecule has 2 aromatic carbocycles. The average Bonchev–Trinajstić information content (AvgIpc) is 3.73. The number of morpholine rings is 1. The van der Waals surface area contributed by atoms with E-state index in [1.54, 1.807) is 51.1 Å². The summed E-state index contributed by atoms with van der Waals surface area (Å²) in [5, 5.41) is 8.60. The van der Waals surface area contributed by atoms with Gasteiger partial charge in [0.15, 0.2) is 30.9 Å². The van der Waals surface area contributed by atoms with Crippen molar-refractivity contribution in [1.29, 1.82) is 0 Å². The Morgan fingerprint density at radius 3 is 2.33 bits per heavy atom. The van der Waals surface area contributed by atoms with Gasteiger partial charge in [-0.05, 0) is 51.5 Å². The Balaban J connectivity index is 1.35. The molecule has 3 N–H and O–H groups in total. The zero-order chi connectivity index (χ0) is 46.9. The van der Waals surface area contributed by atoms with Crippen LogP contribution in [-0.2, 0) is 57.7 Å². The molecule has 64 heavy (non-hydrogen) atoms. The number of nitrogens with zero attached hydrogens (tertiary/aromatic N) is 4. The van der Waals surface area contributed by atoms with E-state index in [9.17, 15) is 37.2 Å². The number of ketones is 1. The van der Waals surface area contributed by atoms with Gasteiger partial charge in [0.05, 0.1) is 49.2 Å². The second kappa shape index (κ2) is 24.2. The summed E-state index contributed by atoms with van der Waals surface area (Å²) < 4.78 is 71.9. The molecule has 1 saturated heterocycles. The molecule has 4 rings (SSSR count). The smallest absolute Gasteiger partial charge is 0.344 e. The molecule has 0 radical (unpaired) electrons. The average molecular weight is 935 g/mol. The summed E-state index contributed by atoms with van der Waals surface area (Å²) in [6.07, 6.45) is -0.553. The molecule has 23 heteroatoms. The predicted octanol–water partition coefficient (Wildman–Crippen LogP) is 3.26. The van der Waals surface area contributed by atoms with Crippen molar-refractivity contribution in [3.8, 4) is 17.4 Å². The summed E-state index contributed by atoms with van der Waals surface area (Å²) in [5.41, 5.74) is -0.921. The normalized spacial score (nSPS) is 13.2. The summed E-state index contributed by atoms with van der Waals surface area (Å²) in [6.45, 7) is 8.07. The zero-order valence-corrected chi connectivity index (χ0v) is 38.0. The molecule has 1 aliphatic rings. The number of ether oxygens (including phenoxy) is 7. The molecule has 0 aliphatic carbocycles. The van der Waals surface area contributed by atoms with Gasteiger partial charge in [-0.25, -0.2) is 23.1 Å². The van der Waals surface area contributed by atoms with Crippen LogP contribution >= 0.6 is 11.7 Å². The van der Waals surface area contributed by atoms with Crippen LogP contribution < -0.4 is 24.8 Å². The first-order chi connectivity index (χ1) is 30.3. The third kappa shape index (κ3) is 16.3. The van der Waals surface area contributed by atoms with Gasteiger partial charge >= 0.3 is 23.9 Å².